The van der Waals surface area contributed by atoms with E-state index in [1.807, 2.05) is 19.1 Å². The minimum Gasteiger partial charge on any atom is -0.355 e. The summed E-state index contributed by atoms with van der Waals surface area (Å²) in [6.45, 7) is 1.78. The summed E-state index contributed by atoms with van der Waals surface area (Å²) in [6.07, 6.45) is 0. The lowest BCUT2D eigenvalue weighted by molar-refractivity contribution is -0.115. The monoisotopic (exact) mass is 325 g/mol. The molecule has 2 aromatic rings. The Morgan fingerprint density at radius 2 is 1.62 bits per heavy atom. The van der Waals surface area contributed by atoms with Crippen LogP contribution < -0.4 is 16.0 Å². The first-order valence-corrected chi connectivity index (χ1v) is 7.46. The van der Waals surface area contributed by atoms with Gasteiger partial charge >= 0.3 is 0 Å². The third-order valence-electron chi connectivity index (χ3n) is 3.36. The molecule has 0 aromatic heterocycles. The Hall–Kier alpha value is -3.15. The number of hydrogen-bond acceptors (Lipinski definition) is 3. The second-order valence-electron chi connectivity index (χ2n) is 5.26. The number of hydrogen-bond donors (Lipinski definition) is 3. The van der Waals surface area contributed by atoms with Crippen molar-refractivity contribution in [2.45, 2.75) is 6.92 Å². The van der Waals surface area contributed by atoms with Gasteiger partial charge in [0.1, 0.15) is 0 Å². The van der Waals surface area contributed by atoms with Gasteiger partial charge in [-0.25, -0.2) is 0 Å². The topological polar surface area (TPSA) is 87.3 Å². The highest BCUT2D eigenvalue weighted by Crippen LogP contribution is 2.10. The zero-order valence-corrected chi connectivity index (χ0v) is 13.6. The number of anilines is 1. The van der Waals surface area contributed by atoms with Crippen LogP contribution in [0.1, 0.15) is 26.3 Å². The molecule has 0 aliphatic heterocycles. The van der Waals surface area contributed by atoms with Crippen molar-refractivity contribution in [3.05, 3.63) is 65.2 Å². The van der Waals surface area contributed by atoms with Gasteiger partial charge in [0.15, 0.2) is 0 Å². The molecule has 0 radical (unpaired) electrons. The number of carbonyl (C=O) groups excluding carboxylic acids is 3. The van der Waals surface area contributed by atoms with Crippen molar-refractivity contribution >= 4 is 23.4 Å². The Balaban J connectivity index is 1.90. The third-order valence-corrected chi connectivity index (χ3v) is 3.36. The van der Waals surface area contributed by atoms with Gasteiger partial charge in [0.2, 0.25) is 5.91 Å². The van der Waals surface area contributed by atoms with Crippen molar-refractivity contribution in [2.24, 2.45) is 0 Å². The molecule has 0 aliphatic rings. The van der Waals surface area contributed by atoms with Crippen LogP contribution in [0.15, 0.2) is 48.5 Å². The number of carbonyl (C=O) groups is 3. The molecule has 0 fully saturated rings. The normalized spacial score (nSPS) is 9.92. The zero-order chi connectivity index (χ0) is 17.5. The van der Waals surface area contributed by atoms with Crippen LogP contribution in [0.3, 0.4) is 0 Å². The summed E-state index contributed by atoms with van der Waals surface area (Å²) in [6, 6.07) is 13.6. The zero-order valence-electron chi connectivity index (χ0n) is 13.6. The van der Waals surface area contributed by atoms with Crippen molar-refractivity contribution < 1.29 is 14.4 Å². The lowest BCUT2D eigenvalue weighted by atomic mass is 10.1. The fraction of sp³-hybridized carbons (Fsp3) is 0.167. The summed E-state index contributed by atoms with van der Waals surface area (Å²) >= 11 is 0. The number of nitrogens with one attached hydrogen (secondary N) is 3. The van der Waals surface area contributed by atoms with Gasteiger partial charge in [0.05, 0.1) is 6.54 Å². The molecule has 3 N–H and O–H groups in total. The van der Waals surface area contributed by atoms with Crippen LogP contribution in [0.5, 0.6) is 0 Å². The van der Waals surface area contributed by atoms with E-state index in [4.69, 9.17) is 0 Å². The van der Waals surface area contributed by atoms with Gasteiger partial charge in [0, 0.05) is 23.9 Å². The summed E-state index contributed by atoms with van der Waals surface area (Å²) in [5.74, 6) is -0.924. The molecule has 24 heavy (non-hydrogen) atoms. The van der Waals surface area contributed by atoms with E-state index in [1.165, 1.54) is 7.05 Å². The smallest absolute Gasteiger partial charge is 0.251 e. The van der Waals surface area contributed by atoms with Crippen LogP contribution in [-0.2, 0) is 4.79 Å². The predicted molar refractivity (Wildman–Crippen MR) is 92.0 cm³/mol. The summed E-state index contributed by atoms with van der Waals surface area (Å²) in [5, 5.41) is 7.72. The van der Waals surface area contributed by atoms with E-state index >= 15 is 0 Å². The molecule has 0 spiro atoms. The molecule has 6 nitrogen and oxygen atoms in total. The van der Waals surface area contributed by atoms with E-state index in [0.717, 1.165) is 5.56 Å². The molecule has 0 saturated carbocycles. The van der Waals surface area contributed by atoms with Crippen LogP contribution in [0.2, 0.25) is 0 Å². The average molecular weight is 325 g/mol. The maximum atomic E-state index is 12.0. The van der Waals surface area contributed by atoms with Gasteiger partial charge in [-0.05, 0) is 37.3 Å². The van der Waals surface area contributed by atoms with Crippen LogP contribution in [0, 0.1) is 6.92 Å². The lowest BCUT2D eigenvalue weighted by Crippen LogP contribution is -2.32. The second kappa shape index (κ2) is 7.92. The molecule has 2 rings (SSSR count). The molecular weight excluding hydrogens is 306 g/mol. The van der Waals surface area contributed by atoms with Gasteiger partial charge in [-0.2, -0.15) is 0 Å². The quantitative estimate of drug-likeness (QED) is 0.782. The van der Waals surface area contributed by atoms with Crippen LogP contribution in [0.4, 0.5) is 5.69 Å². The van der Waals surface area contributed by atoms with Crippen LogP contribution >= 0.6 is 0 Å². The van der Waals surface area contributed by atoms with Gasteiger partial charge in [-0.3, -0.25) is 14.4 Å². The van der Waals surface area contributed by atoms with E-state index < -0.39 is 0 Å². The molecule has 2 aromatic carbocycles. The fourth-order valence-electron chi connectivity index (χ4n) is 2.06. The number of amides is 3. The standard InChI is InChI=1S/C18H19N3O3/c1-12-6-8-13(9-7-12)18(24)20-11-16(22)21-15-5-3-4-14(10-15)17(23)19-2/h3-10H,11H2,1-2H3,(H,19,23)(H,20,24)(H,21,22). The largest absolute Gasteiger partial charge is 0.355 e. The van der Waals surface area contributed by atoms with E-state index in [0.29, 0.717) is 16.8 Å². The van der Waals surface area contributed by atoms with Gasteiger partial charge < -0.3 is 16.0 Å². The maximum Gasteiger partial charge on any atom is 0.251 e. The predicted octanol–water partition coefficient (Wildman–Crippen LogP) is 1.72. The summed E-state index contributed by atoms with van der Waals surface area (Å²) < 4.78 is 0. The van der Waals surface area contributed by atoms with E-state index in [-0.39, 0.29) is 24.3 Å². The Morgan fingerprint density at radius 3 is 2.29 bits per heavy atom. The van der Waals surface area contributed by atoms with Crippen molar-refractivity contribution in [3.63, 3.8) is 0 Å². The van der Waals surface area contributed by atoms with Gasteiger partial charge in [-0.15, -0.1) is 0 Å². The van der Waals surface area contributed by atoms with Crippen LogP contribution in [-0.4, -0.2) is 31.3 Å². The Labute approximate surface area is 140 Å². The lowest BCUT2D eigenvalue weighted by Gasteiger charge is -2.08. The van der Waals surface area contributed by atoms with Gasteiger partial charge in [0.25, 0.3) is 11.8 Å². The van der Waals surface area contributed by atoms with Crippen LogP contribution in [0.25, 0.3) is 0 Å². The molecule has 6 heteroatoms. The molecule has 0 heterocycles. The number of rotatable bonds is 5. The molecule has 0 bridgehead atoms. The minimum absolute atomic E-state index is 0.156. The first kappa shape index (κ1) is 17.2. The van der Waals surface area contributed by atoms with Crippen molar-refractivity contribution in [1.82, 2.24) is 10.6 Å². The summed E-state index contributed by atoms with van der Waals surface area (Å²) in [5.41, 5.74) is 2.49. The highest BCUT2D eigenvalue weighted by atomic mass is 16.2. The maximum absolute atomic E-state index is 12.0. The highest BCUT2D eigenvalue weighted by Gasteiger charge is 2.09. The van der Waals surface area contributed by atoms with Gasteiger partial charge in [-0.1, -0.05) is 23.8 Å². The summed E-state index contributed by atoms with van der Waals surface area (Å²) in [7, 11) is 1.54. The molecule has 0 saturated heterocycles. The highest BCUT2D eigenvalue weighted by molar-refractivity contribution is 6.00. The van der Waals surface area contributed by atoms with Crippen molar-refractivity contribution in [1.29, 1.82) is 0 Å². The number of aryl methyl sites for hydroxylation is 1. The Morgan fingerprint density at radius 1 is 0.917 bits per heavy atom. The first-order chi connectivity index (χ1) is 11.5. The summed E-state index contributed by atoms with van der Waals surface area (Å²) in [4.78, 5) is 35.4. The van der Waals surface area contributed by atoms with Crippen molar-refractivity contribution in [3.8, 4) is 0 Å². The second-order valence-corrected chi connectivity index (χ2v) is 5.26. The fourth-order valence-corrected chi connectivity index (χ4v) is 2.06. The molecule has 3 amide bonds. The van der Waals surface area contributed by atoms with E-state index in [2.05, 4.69) is 16.0 Å². The van der Waals surface area contributed by atoms with E-state index in [1.54, 1.807) is 36.4 Å². The molecule has 0 unspecified atom stereocenters. The molecule has 0 aliphatic carbocycles. The molecular formula is C18H19N3O3. The minimum atomic E-state index is -0.371. The van der Waals surface area contributed by atoms with Crippen molar-refractivity contribution in [2.75, 3.05) is 18.9 Å². The Bertz CT molecular complexity index is 754. The third kappa shape index (κ3) is 4.67. The molecule has 124 valence electrons. The van der Waals surface area contributed by atoms with E-state index in [9.17, 15) is 14.4 Å². The first-order valence-electron chi connectivity index (χ1n) is 7.46. The SMILES string of the molecule is CNC(=O)c1cccc(NC(=O)CNC(=O)c2ccc(C)cc2)c1. The Kier molecular flexibility index (Phi) is 5.68. The average Bonchev–Trinajstić information content (AvgIpc) is 2.59. The molecule has 0 atom stereocenters. The number of benzene rings is 2.